The van der Waals surface area contributed by atoms with E-state index in [9.17, 15) is 4.79 Å². The van der Waals surface area contributed by atoms with Gasteiger partial charge in [-0.1, -0.05) is 0 Å². The van der Waals surface area contributed by atoms with Crippen molar-refractivity contribution < 1.29 is 9.90 Å². The lowest BCUT2D eigenvalue weighted by molar-refractivity contribution is -0.140. The molecule has 6 heteroatoms. The molecule has 0 bridgehead atoms. The van der Waals surface area contributed by atoms with Gasteiger partial charge in [-0.3, -0.25) is 4.79 Å². The number of fused-ring (bicyclic) bond motifs is 1. The van der Waals surface area contributed by atoms with E-state index in [4.69, 9.17) is 5.11 Å². The maximum Gasteiger partial charge on any atom is 0.314 e. The van der Waals surface area contributed by atoms with Crippen molar-refractivity contribution in [3.63, 3.8) is 0 Å². The van der Waals surface area contributed by atoms with E-state index in [1.165, 1.54) is 10.8 Å². The normalized spacial score (nSPS) is 17.9. The third kappa shape index (κ3) is 1.04. The number of hydrogen-bond donors (Lipinski definition) is 1. The van der Waals surface area contributed by atoms with E-state index in [-0.39, 0.29) is 0 Å². The molecule has 1 saturated carbocycles. The van der Waals surface area contributed by atoms with E-state index >= 15 is 0 Å². The minimum atomic E-state index is -0.788. The Hall–Kier alpha value is -1.98. The topological polar surface area (TPSA) is 80.4 Å². The Bertz CT molecular complexity index is 544. The van der Waals surface area contributed by atoms with Crippen LogP contribution in [0.1, 0.15) is 18.4 Å². The summed E-state index contributed by atoms with van der Waals surface area (Å²) >= 11 is 0. The highest BCUT2D eigenvalue weighted by Gasteiger charge is 2.52. The number of aliphatic carboxylic acids is 1. The van der Waals surface area contributed by atoms with Gasteiger partial charge in [0.15, 0.2) is 0 Å². The van der Waals surface area contributed by atoms with Crippen LogP contribution in [0.3, 0.4) is 0 Å². The smallest absolute Gasteiger partial charge is 0.314 e. The highest BCUT2D eigenvalue weighted by Crippen LogP contribution is 2.47. The standard InChI is InChI=1S/C9H8N4O2/c14-7(15)9(1-2-9)6-3-10-8-11-5-12-13(8)4-6/h3-5H,1-2H2,(H,14,15). The van der Waals surface area contributed by atoms with Crippen LogP contribution in [-0.4, -0.2) is 30.7 Å². The van der Waals surface area contributed by atoms with Crippen LogP contribution in [0.15, 0.2) is 18.7 Å². The van der Waals surface area contributed by atoms with E-state index in [1.807, 2.05) is 0 Å². The van der Waals surface area contributed by atoms with Gasteiger partial charge in [0.2, 0.25) is 0 Å². The predicted octanol–water partition coefficient (Wildman–Crippen LogP) is 0.240. The van der Waals surface area contributed by atoms with Crippen molar-refractivity contribution in [1.29, 1.82) is 0 Å². The van der Waals surface area contributed by atoms with Gasteiger partial charge in [0.05, 0.1) is 5.41 Å². The van der Waals surface area contributed by atoms with Gasteiger partial charge in [0.1, 0.15) is 6.33 Å². The molecule has 0 aromatic carbocycles. The molecular weight excluding hydrogens is 196 g/mol. The summed E-state index contributed by atoms with van der Waals surface area (Å²) in [6.45, 7) is 0. The van der Waals surface area contributed by atoms with E-state index in [1.54, 1.807) is 12.4 Å². The van der Waals surface area contributed by atoms with Crippen LogP contribution in [0.25, 0.3) is 5.78 Å². The first kappa shape index (κ1) is 8.34. The zero-order valence-corrected chi connectivity index (χ0v) is 7.79. The molecule has 76 valence electrons. The zero-order chi connectivity index (χ0) is 10.5. The monoisotopic (exact) mass is 204 g/mol. The fraction of sp³-hybridized carbons (Fsp3) is 0.333. The number of nitrogens with zero attached hydrogens (tertiary/aromatic N) is 4. The molecule has 15 heavy (non-hydrogen) atoms. The van der Waals surface area contributed by atoms with Gasteiger partial charge < -0.3 is 5.11 Å². The minimum Gasteiger partial charge on any atom is -0.481 e. The predicted molar refractivity (Wildman–Crippen MR) is 49.3 cm³/mol. The Morgan fingerprint density at radius 2 is 2.27 bits per heavy atom. The average Bonchev–Trinajstić information content (AvgIpc) is 2.91. The first-order valence-corrected chi connectivity index (χ1v) is 4.62. The van der Waals surface area contributed by atoms with Crippen LogP contribution >= 0.6 is 0 Å². The van der Waals surface area contributed by atoms with Gasteiger partial charge in [0, 0.05) is 18.0 Å². The van der Waals surface area contributed by atoms with E-state index in [0.717, 1.165) is 0 Å². The Morgan fingerprint density at radius 3 is 2.93 bits per heavy atom. The van der Waals surface area contributed by atoms with Gasteiger partial charge in [-0.25, -0.2) is 9.50 Å². The first-order chi connectivity index (χ1) is 7.22. The maximum atomic E-state index is 11.1. The van der Waals surface area contributed by atoms with Gasteiger partial charge >= 0.3 is 5.97 Å². The van der Waals surface area contributed by atoms with Crippen LogP contribution in [0.2, 0.25) is 0 Å². The summed E-state index contributed by atoms with van der Waals surface area (Å²) < 4.78 is 1.50. The molecule has 3 rings (SSSR count). The van der Waals surface area contributed by atoms with Crippen molar-refractivity contribution in [2.75, 3.05) is 0 Å². The van der Waals surface area contributed by atoms with Crippen LogP contribution in [0.4, 0.5) is 0 Å². The van der Waals surface area contributed by atoms with Crippen LogP contribution in [0.5, 0.6) is 0 Å². The van der Waals surface area contributed by atoms with E-state index < -0.39 is 11.4 Å². The largest absolute Gasteiger partial charge is 0.481 e. The first-order valence-electron chi connectivity index (χ1n) is 4.62. The van der Waals surface area contributed by atoms with Crippen molar-refractivity contribution in [2.45, 2.75) is 18.3 Å². The second-order valence-electron chi connectivity index (χ2n) is 3.73. The molecule has 2 aromatic heterocycles. The van der Waals surface area contributed by atoms with Crippen molar-refractivity contribution in [3.8, 4) is 0 Å². The number of hydrogen-bond acceptors (Lipinski definition) is 4. The Morgan fingerprint density at radius 1 is 1.47 bits per heavy atom. The molecule has 0 aliphatic heterocycles. The summed E-state index contributed by atoms with van der Waals surface area (Å²) in [4.78, 5) is 19.0. The molecule has 1 fully saturated rings. The van der Waals surface area contributed by atoms with Crippen LogP contribution in [0, 0.1) is 0 Å². The highest BCUT2D eigenvalue weighted by molar-refractivity contribution is 5.84. The fourth-order valence-electron chi connectivity index (χ4n) is 1.72. The second kappa shape index (κ2) is 2.53. The summed E-state index contributed by atoms with van der Waals surface area (Å²) in [6, 6.07) is 0. The summed E-state index contributed by atoms with van der Waals surface area (Å²) in [5.41, 5.74) is -0.0272. The molecule has 1 aliphatic rings. The number of rotatable bonds is 2. The molecule has 1 N–H and O–H groups in total. The Labute approximate surface area is 84.6 Å². The van der Waals surface area contributed by atoms with Gasteiger partial charge in [0.25, 0.3) is 5.78 Å². The SMILES string of the molecule is O=C(O)C1(c2cnc3ncnn3c2)CC1. The summed E-state index contributed by atoms with van der Waals surface area (Å²) in [7, 11) is 0. The summed E-state index contributed by atoms with van der Waals surface area (Å²) in [5, 5.41) is 13.0. The van der Waals surface area contributed by atoms with Crippen LogP contribution < -0.4 is 0 Å². The number of carboxylic acid groups (broad SMARTS) is 1. The molecule has 0 atom stereocenters. The highest BCUT2D eigenvalue weighted by atomic mass is 16.4. The molecule has 1 aliphatic carbocycles. The van der Waals surface area contributed by atoms with Crippen LogP contribution in [-0.2, 0) is 10.2 Å². The van der Waals surface area contributed by atoms with E-state index in [2.05, 4.69) is 15.1 Å². The lowest BCUT2D eigenvalue weighted by Crippen LogP contribution is -2.20. The summed E-state index contributed by atoms with van der Waals surface area (Å²) in [6.07, 6.45) is 6.00. The minimum absolute atomic E-state index is 0.486. The number of carboxylic acids is 1. The molecule has 6 nitrogen and oxygen atoms in total. The van der Waals surface area contributed by atoms with Crippen molar-refractivity contribution in [1.82, 2.24) is 19.6 Å². The third-order valence-electron chi connectivity index (χ3n) is 2.85. The Kier molecular flexibility index (Phi) is 1.41. The van der Waals surface area contributed by atoms with Crippen molar-refractivity contribution in [3.05, 3.63) is 24.3 Å². The Balaban J connectivity index is 2.15. The molecule has 2 aromatic rings. The second-order valence-corrected chi connectivity index (χ2v) is 3.73. The van der Waals surface area contributed by atoms with Crippen molar-refractivity contribution in [2.24, 2.45) is 0 Å². The number of aromatic nitrogens is 4. The zero-order valence-electron chi connectivity index (χ0n) is 7.79. The third-order valence-corrected chi connectivity index (χ3v) is 2.85. The molecule has 0 unspecified atom stereocenters. The van der Waals surface area contributed by atoms with E-state index in [0.29, 0.717) is 24.2 Å². The fourth-order valence-corrected chi connectivity index (χ4v) is 1.72. The molecule has 0 spiro atoms. The maximum absolute atomic E-state index is 11.1. The number of carbonyl (C=O) groups is 1. The van der Waals surface area contributed by atoms with Gasteiger partial charge in [-0.2, -0.15) is 10.1 Å². The summed E-state index contributed by atoms with van der Waals surface area (Å²) in [5.74, 6) is -0.302. The molecule has 0 radical (unpaired) electrons. The quantitative estimate of drug-likeness (QED) is 0.757. The van der Waals surface area contributed by atoms with Crippen molar-refractivity contribution >= 4 is 11.7 Å². The average molecular weight is 204 g/mol. The molecule has 2 heterocycles. The lowest BCUT2D eigenvalue weighted by atomic mass is 10.00. The lowest BCUT2D eigenvalue weighted by Gasteiger charge is -2.08. The molecular formula is C9H8N4O2. The van der Waals surface area contributed by atoms with Gasteiger partial charge in [-0.05, 0) is 12.8 Å². The van der Waals surface area contributed by atoms with Gasteiger partial charge in [-0.15, -0.1) is 0 Å². The molecule has 0 amide bonds. The molecule has 0 saturated heterocycles.